The molecule has 0 bridgehead atoms. The van der Waals surface area contributed by atoms with Crippen LogP contribution in [0.2, 0.25) is 0 Å². The van der Waals surface area contributed by atoms with Crippen molar-refractivity contribution in [3.05, 3.63) is 22.4 Å². The van der Waals surface area contributed by atoms with Gasteiger partial charge in [-0.15, -0.1) is 0 Å². The number of amides is 2. The van der Waals surface area contributed by atoms with E-state index in [1.807, 2.05) is 4.90 Å². The number of nitrogens with zero attached hydrogens (tertiary/aromatic N) is 2. The van der Waals surface area contributed by atoms with Gasteiger partial charge >= 0.3 is 6.03 Å². The first kappa shape index (κ1) is 16.7. The molecule has 2 unspecified atom stereocenters. The number of nitrogens with one attached hydrogen (secondary N) is 1. The number of carbonyl (C=O) groups is 1. The number of hydrogen-bond acceptors (Lipinski definition) is 4. The largest absolute Gasteiger partial charge is 0.383 e. The number of ether oxygens (including phenoxy) is 1. The predicted molar refractivity (Wildman–Crippen MR) is 92.8 cm³/mol. The molecule has 1 saturated heterocycles. The Morgan fingerprint density at radius 2 is 2.13 bits per heavy atom. The molecule has 1 aromatic rings. The summed E-state index contributed by atoms with van der Waals surface area (Å²) in [4.78, 5) is 16.9. The molecule has 0 radical (unpaired) electrons. The molecule has 2 fully saturated rings. The lowest BCUT2D eigenvalue weighted by Crippen LogP contribution is -2.54. The Balaban J connectivity index is 1.47. The number of piperazine rings is 1. The Bertz CT molecular complexity index is 496. The molecule has 1 aliphatic heterocycles. The molecule has 6 heteroatoms. The average Bonchev–Trinajstić information content (AvgIpc) is 3.28. The van der Waals surface area contributed by atoms with Gasteiger partial charge in [0.15, 0.2) is 0 Å². The average molecular weight is 337 g/mol. The molecule has 5 nitrogen and oxygen atoms in total. The van der Waals surface area contributed by atoms with Crippen LogP contribution in [0, 0.1) is 5.92 Å². The van der Waals surface area contributed by atoms with Crippen molar-refractivity contribution in [3.63, 3.8) is 0 Å². The molecule has 1 aromatic heterocycles. The first-order valence-corrected chi connectivity index (χ1v) is 9.44. The second kappa shape index (κ2) is 7.64. The van der Waals surface area contributed by atoms with Crippen LogP contribution in [0.5, 0.6) is 0 Å². The molecule has 3 rings (SSSR count). The van der Waals surface area contributed by atoms with E-state index in [0.717, 1.165) is 26.2 Å². The predicted octanol–water partition coefficient (Wildman–Crippen LogP) is 2.56. The third-order valence-corrected chi connectivity index (χ3v) is 5.72. The Hall–Kier alpha value is -1.11. The molecule has 23 heavy (non-hydrogen) atoms. The van der Waals surface area contributed by atoms with E-state index >= 15 is 0 Å². The number of carbonyl (C=O) groups excluding carboxylic acids is 1. The van der Waals surface area contributed by atoms with Crippen molar-refractivity contribution in [1.82, 2.24) is 15.1 Å². The molecule has 2 aliphatic rings. The lowest BCUT2D eigenvalue weighted by Gasteiger charge is -2.38. The van der Waals surface area contributed by atoms with Crippen molar-refractivity contribution in [1.29, 1.82) is 0 Å². The molecule has 2 atom stereocenters. The molecule has 2 amide bonds. The maximum absolute atomic E-state index is 12.5. The Morgan fingerprint density at radius 1 is 1.39 bits per heavy atom. The third kappa shape index (κ3) is 4.25. The van der Waals surface area contributed by atoms with Gasteiger partial charge in [-0.3, -0.25) is 4.90 Å². The van der Waals surface area contributed by atoms with Crippen LogP contribution < -0.4 is 5.32 Å². The van der Waals surface area contributed by atoms with Crippen LogP contribution in [0.1, 0.15) is 31.4 Å². The van der Waals surface area contributed by atoms with Gasteiger partial charge in [-0.25, -0.2) is 4.79 Å². The van der Waals surface area contributed by atoms with Crippen LogP contribution in [0.3, 0.4) is 0 Å². The summed E-state index contributed by atoms with van der Waals surface area (Å²) in [5.74, 6) is 0.610. The zero-order valence-corrected chi connectivity index (χ0v) is 14.8. The van der Waals surface area contributed by atoms with E-state index in [2.05, 4.69) is 34.0 Å². The molecule has 128 valence electrons. The van der Waals surface area contributed by atoms with Gasteiger partial charge in [-0.1, -0.05) is 0 Å². The normalized spacial score (nSPS) is 21.9. The SMILES string of the molecule is COCC(NC(=O)N1CCN(C(C)c2ccsc2)CC1)C1CC1. The van der Waals surface area contributed by atoms with Crippen molar-refractivity contribution in [2.75, 3.05) is 39.9 Å². The minimum atomic E-state index is 0.0711. The standard InChI is InChI=1S/C17H27N3O2S/c1-13(15-5-10-23-12-15)19-6-8-20(9-7-19)17(21)18-16(11-22-2)14-3-4-14/h5,10,12-14,16H,3-4,6-9,11H2,1-2H3,(H,18,21). The molecule has 1 aliphatic carbocycles. The Kier molecular flexibility index (Phi) is 5.56. The zero-order valence-electron chi connectivity index (χ0n) is 14.0. The van der Waals surface area contributed by atoms with Crippen molar-refractivity contribution in [3.8, 4) is 0 Å². The highest BCUT2D eigenvalue weighted by Crippen LogP contribution is 2.32. The number of urea groups is 1. The second-order valence-corrected chi connectivity index (χ2v) is 7.38. The fraction of sp³-hybridized carbons (Fsp3) is 0.706. The first-order valence-electron chi connectivity index (χ1n) is 8.49. The van der Waals surface area contributed by atoms with Crippen molar-refractivity contribution < 1.29 is 9.53 Å². The lowest BCUT2D eigenvalue weighted by molar-refractivity contribution is 0.106. The maximum Gasteiger partial charge on any atom is 0.317 e. The molecular formula is C17H27N3O2S. The van der Waals surface area contributed by atoms with Gasteiger partial charge in [0.25, 0.3) is 0 Å². The van der Waals surface area contributed by atoms with E-state index in [1.54, 1.807) is 18.4 Å². The van der Waals surface area contributed by atoms with E-state index in [0.29, 0.717) is 18.6 Å². The summed E-state index contributed by atoms with van der Waals surface area (Å²) >= 11 is 1.74. The van der Waals surface area contributed by atoms with Crippen LogP contribution in [-0.4, -0.2) is 61.8 Å². The summed E-state index contributed by atoms with van der Waals surface area (Å²) in [6, 6.07) is 2.87. The van der Waals surface area contributed by atoms with Gasteiger partial charge < -0.3 is 15.0 Å². The molecule has 0 spiro atoms. The monoisotopic (exact) mass is 337 g/mol. The summed E-state index contributed by atoms with van der Waals surface area (Å²) in [6.45, 7) is 6.33. The molecule has 1 N–H and O–H groups in total. The highest BCUT2D eigenvalue weighted by Gasteiger charge is 2.34. The van der Waals surface area contributed by atoms with Crippen LogP contribution in [0.4, 0.5) is 4.79 Å². The summed E-state index contributed by atoms with van der Waals surface area (Å²) in [5.41, 5.74) is 1.38. The summed E-state index contributed by atoms with van der Waals surface area (Å²) in [7, 11) is 1.70. The molecule has 0 aromatic carbocycles. The highest BCUT2D eigenvalue weighted by atomic mass is 32.1. The van der Waals surface area contributed by atoms with Gasteiger partial charge in [0, 0.05) is 39.3 Å². The lowest BCUT2D eigenvalue weighted by atomic mass is 10.1. The Labute approximate surface area is 142 Å². The number of rotatable bonds is 6. The quantitative estimate of drug-likeness (QED) is 0.868. The van der Waals surface area contributed by atoms with E-state index in [-0.39, 0.29) is 12.1 Å². The molecule has 2 heterocycles. The van der Waals surface area contributed by atoms with Gasteiger partial charge in [0.05, 0.1) is 12.6 Å². The summed E-state index contributed by atoms with van der Waals surface area (Å²) in [5, 5.41) is 7.51. The third-order valence-electron chi connectivity index (χ3n) is 5.02. The van der Waals surface area contributed by atoms with Crippen LogP contribution >= 0.6 is 11.3 Å². The highest BCUT2D eigenvalue weighted by molar-refractivity contribution is 7.07. The van der Waals surface area contributed by atoms with Gasteiger partial charge in [0.2, 0.25) is 0 Å². The van der Waals surface area contributed by atoms with Crippen molar-refractivity contribution in [2.45, 2.75) is 31.8 Å². The topological polar surface area (TPSA) is 44.8 Å². The second-order valence-electron chi connectivity index (χ2n) is 6.60. The van der Waals surface area contributed by atoms with E-state index in [9.17, 15) is 4.79 Å². The molecule has 1 saturated carbocycles. The van der Waals surface area contributed by atoms with Crippen LogP contribution in [-0.2, 0) is 4.74 Å². The summed E-state index contributed by atoms with van der Waals surface area (Å²) < 4.78 is 5.24. The first-order chi connectivity index (χ1) is 11.2. The van der Waals surface area contributed by atoms with Crippen LogP contribution in [0.25, 0.3) is 0 Å². The van der Waals surface area contributed by atoms with Crippen LogP contribution in [0.15, 0.2) is 16.8 Å². The zero-order chi connectivity index (χ0) is 16.2. The Morgan fingerprint density at radius 3 is 2.70 bits per heavy atom. The maximum atomic E-state index is 12.5. The number of methoxy groups -OCH3 is 1. The molecular weight excluding hydrogens is 310 g/mol. The number of thiophene rings is 1. The van der Waals surface area contributed by atoms with Gasteiger partial charge in [-0.2, -0.15) is 11.3 Å². The summed E-state index contributed by atoms with van der Waals surface area (Å²) in [6.07, 6.45) is 2.42. The van der Waals surface area contributed by atoms with Gasteiger partial charge in [-0.05, 0) is 48.1 Å². The van der Waals surface area contributed by atoms with Crippen molar-refractivity contribution in [2.24, 2.45) is 5.92 Å². The fourth-order valence-electron chi connectivity index (χ4n) is 3.26. The number of hydrogen-bond donors (Lipinski definition) is 1. The minimum Gasteiger partial charge on any atom is -0.383 e. The minimum absolute atomic E-state index is 0.0711. The van der Waals surface area contributed by atoms with E-state index < -0.39 is 0 Å². The van der Waals surface area contributed by atoms with E-state index in [4.69, 9.17) is 4.74 Å². The smallest absolute Gasteiger partial charge is 0.317 e. The van der Waals surface area contributed by atoms with Crippen molar-refractivity contribution >= 4 is 17.4 Å². The van der Waals surface area contributed by atoms with E-state index in [1.165, 1.54) is 18.4 Å². The fourth-order valence-corrected chi connectivity index (χ4v) is 4.01. The van der Waals surface area contributed by atoms with Gasteiger partial charge in [0.1, 0.15) is 0 Å².